The molecule has 2 aromatic carbocycles. The third-order valence-corrected chi connectivity index (χ3v) is 6.56. The predicted molar refractivity (Wildman–Crippen MR) is 123 cm³/mol. The van der Waals surface area contributed by atoms with Crippen molar-refractivity contribution in [3.8, 4) is 11.4 Å². The molecule has 33 heavy (non-hydrogen) atoms. The number of ketones is 1. The molecule has 6 nitrogen and oxygen atoms in total. The van der Waals surface area contributed by atoms with Gasteiger partial charge in [0.05, 0.1) is 13.2 Å². The molecule has 1 saturated heterocycles. The van der Waals surface area contributed by atoms with Crippen molar-refractivity contribution in [2.45, 2.75) is 24.5 Å². The molecule has 174 valence electrons. The minimum atomic E-state index is -0.351. The fraction of sp³-hybridized carbons (Fsp3) is 0.375. The Balaban J connectivity index is 1.39. The first-order chi connectivity index (χ1) is 16.1. The molecule has 1 fully saturated rings. The van der Waals surface area contributed by atoms with Gasteiger partial charge in [0.25, 0.3) is 0 Å². The Morgan fingerprint density at radius 1 is 0.939 bits per heavy atom. The van der Waals surface area contributed by atoms with Gasteiger partial charge in [-0.05, 0) is 55.0 Å². The van der Waals surface area contributed by atoms with Crippen LogP contribution in [0.4, 0.5) is 8.78 Å². The predicted octanol–water partition coefficient (Wildman–Crippen LogP) is 4.31. The highest BCUT2D eigenvalue weighted by Gasteiger charge is 2.17. The largest absolute Gasteiger partial charge is 0.379 e. The van der Waals surface area contributed by atoms with Gasteiger partial charge >= 0.3 is 0 Å². The summed E-state index contributed by atoms with van der Waals surface area (Å²) in [7, 11) is 0. The standard InChI is InChI=1S/C24H26F2N4O2S/c25-20-7-3-18(4-8-20)22(31)2-1-17-33-24-28-27-23(19-5-9-21(26)10-6-19)30(24)12-11-29-13-15-32-16-14-29/h3-10H,1-2,11-17H2. The molecule has 3 aromatic rings. The average Bonchev–Trinajstić information content (AvgIpc) is 3.24. The monoisotopic (exact) mass is 472 g/mol. The molecular weight excluding hydrogens is 446 g/mol. The Kier molecular flexibility index (Phi) is 8.20. The number of Topliss-reactive ketones (excluding diaryl/α,β-unsaturated/α-hetero) is 1. The Morgan fingerprint density at radius 3 is 2.30 bits per heavy atom. The number of thioether (sulfide) groups is 1. The Labute approximate surface area is 196 Å². The quantitative estimate of drug-likeness (QED) is 0.249. The molecule has 0 N–H and O–H groups in total. The van der Waals surface area contributed by atoms with Crippen LogP contribution in [0.3, 0.4) is 0 Å². The third-order valence-electron chi connectivity index (χ3n) is 5.51. The second-order valence-corrected chi connectivity index (χ2v) is 8.86. The van der Waals surface area contributed by atoms with Crippen molar-refractivity contribution in [1.29, 1.82) is 0 Å². The average molecular weight is 473 g/mol. The minimum absolute atomic E-state index is 0.00335. The van der Waals surface area contributed by atoms with Crippen molar-refractivity contribution in [2.24, 2.45) is 0 Å². The summed E-state index contributed by atoms with van der Waals surface area (Å²) in [6.07, 6.45) is 1.05. The second-order valence-electron chi connectivity index (χ2n) is 7.80. The normalized spacial score (nSPS) is 14.5. The molecule has 1 aromatic heterocycles. The van der Waals surface area contributed by atoms with Gasteiger partial charge in [0.1, 0.15) is 11.6 Å². The lowest BCUT2D eigenvalue weighted by Crippen LogP contribution is -2.38. The summed E-state index contributed by atoms with van der Waals surface area (Å²) in [6.45, 7) is 4.79. The molecule has 0 atom stereocenters. The molecule has 0 saturated carbocycles. The van der Waals surface area contributed by atoms with Crippen LogP contribution in [0.25, 0.3) is 11.4 Å². The lowest BCUT2D eigenvalue weighted by atomic mass is 10.1. The highest BCUT2D eigenvalue weighted by atomic mass is 32.2. The number of benzene rings is 2. The summed E-state index contributed by atoms with van der Waals surface area (Å²) in [4.78, 5) is 14.7. The molecule has 0 aliphatic carbocycles. The summed E-state index contributed by atoms with van der Waals surface area (Å²) in [5, 5.41) is 9.52. The first kappa shape index (κ1) is 23.5. The molecule has 0 radical (unpaired) electrons. The summed E-state index contributed by atoms with van der Waals surface area (Å²) in [6, 6.07) is 11.9. The summed E-state index contributed by atoms with van der Waals surface area (Å²) >= 11 is 1.55. The van der Waals surface area contributed by atoms with E-state index in [2.05, 4.69) is 19.7 Å². The van der Waals surface area contributed by atoms with Gasteiger partial charge in [-0.15, -0.1) is 10.2 Å². The van der Waals surface area contributed by atoms with Crippen LogP contribution in [0, 0.1) is 11.6 Å². The fourth-order valence-electron chi connectivity index (χ4n) is 3.65. The van der Waals surface area contributed by atoms with E-state index in [1.54, 1.807) is 23.9 Å². The highest BCUT2D eigenvalue weighted by Crippen LogP contribution is 2.25. The Hall–Kier alpha value is -2.62. The molecule has 2 heterocycles. The lowest BCUT2D eigenvalue weighted by molar-refractivity contribution is 0.0361. The topological polar surface area (TPSA) is 60.2 Å². The van der Waals surface area contributed by atoms with Gasteiger partial charge in [-0.3, -0.25) is 9.69 Å². The van der Waals surface area contributed by atoms with Gasteiger partial charge in [-0.2, -0.15) is 0 Å². The lowest BCUT2D eigenvalue weighted by Gasteiger charge is -2.27. The van der Waals surface area contributed by atoms with Crippen LogP contribution in [0.15, 0.2) is 53.7 Å². The molecule has 4 rings (SSSR count). The maximum Gasteiger partial charge on any atom is 0.191 e. The number of aromatic nitrogens is 3. The van der Waals surface area contributed by atoms with E-state index in [0.29, 0.717) is 36.5 Å². The number of morpholine rings is 1. The third kappa shape index (κ3) is 6.46. The van der Waals surface area contributed by atoms with Gasteiger partial charge in [0, 0.05) is 49.5 Å². The number of hydrogen-bond acceptors (Lipinski definition) is 6. The Morgan fingerprint density at radius 2 is 1.61 bits per heavy atom. The van der Waals surface area contributed by atoms with Crippen molar-refractivity contribution >= 4 is 17.5 Å². The molecule has 0 spiro atoms. The van der Waals surface area contributed by atoms with E-state index in [4.69, 9.17) is 4.74 Å². The van der Waals surface area contributed by atoms with Crippen LogP contribution in [0.1, 0.15) is 23.2 Å². The van der Waals surface area contributed by atoms with Crippen molar-refractivity contribution < 1.29 is 18.3 Å². The molecule has 0 unspecified atom stereocenters. The zero-order valence-corrected chi connectivity index (χ0v) is 19.1. The number of carbonyl (C=O) groups is 1. The molecular formula is C24H26F2N4O2S. The fourth-order valence-corrected chi connectivity index (χ4v) is 4.56. The van der Waals surface area contributed by atoms with Crippen LogP contribution in [-0.4, -0.2) is 64.0 Å². The Bertz CT molecular complexity index is 1050. The SMILES string of the molecule is O=C(CCCSc1nnc(-c2ccc(F)cc2)n1CCN1CCOCC1)c1ccc(F)cc1. The minimum Gasteiger partial charge on any atom is -0.379 e. The number of nitrogens with zero attached hydrogens (tertiary/aromatic N) is 4. The zero-order valence-electron chi connectivity index (χ0n) is 18.3. The summed E-state index contributed by atoms with van der Waals surface area (Å²) in [5.74, 6) is 0.755. The number of halogens is 2. The summed E-state index contributed by atoms with van der Waals surface area (Å²) in [5.41, 5.74) is 1.33. The van der Waals surface area contributed by atoms with Gasteiger partial charge in [0.15, 0.2) is 16.8 Å². The van der Waals surface area contributed by atoms with E-state index in [-0.39, 0.29) is 17.4 Å². The maximum atomic E-state index is 13.4. The van der Waals surface area contributed by atoms with Crippen LogP contribution in [0.2, 0.25) is 0 Å². The van der Waals surface area contributed by atoms with Crippen LogP contribution >= 0.6 is 11.8 Å². The summed E-state index contributed by atoms with van der Waals surface area (Å²) < 4.78 is 33.9. The first-order valence-corrected chi connectivity index (χ1v) is 12.0. The van der Waals surface area contributed by atoms with Gasteiger partial charge < -0.3 is 9.30 Å². The van der Waals surface area contributed by atoms with Gasteiger partial charge in [-0.1, -0.05) is 11.8 Å². The molecule has 1 aliphatic heterocycles. The van der Waals surface area contributed by atoms with Crippen molar-refractivity contribution in [3.63, 3.8) is 0 Å². The van der Waals surface area contributed by atoms with E-state index < -0.39 is 0 Å². The van der Waals surface area contributed by atoms with E-state index in [0.717, 1.165) is 43.6 Å². The molecule has 0 bridgehead atoms. The smallest absolute Gasteiger partial charge is 0.191 e. The first-order valence-electron chi connectivity index (χ1n) is 11.0. The van der Waals surface area contributed by atoms with E-state index in [9.17, 15) is 13.6 Å². The second kappa shape index (κ2) is 11.5. The molecule has 0 amide bonds. The number of hydrogen-bond donors (Lipinski definition) is 0. The molecule has 9 heteroatoms. The van der Waals surface area contributed by atoms with E-state index in [1.165, 1.54) is 36.4 Å². The van der Waals surface area contributed by atoms with Gasteiger partial charge in [0.2, 0.25) is 0 Å². The van der Waals surface area contributed by atoms with Crippen LogP contribution in [0.5, 0.6) is 0 Å². The number of carbonyl (C=O) groups excluding carboxylic acids is 1. The zero-order chi connectivity index (χ0) is 23.0. The number of rotatable bonds is 10. The van der Waals surface area contributed by atoms with Crippen LogP contribution in [-0.2, 0) is 11.3 Å². The maximum absolute atomic E-state index is 13.4. The number of ether oxygens (including phenoxy) is 1. The van der Waals surface area contributed by atoms with Crippen molar-refractivity contribution in [3.05, 3.63) is 65.7 Å². The van der Waals surface area contributed by atoms with E-state index in [1.807, 2.05) is 0 Å². The van der Waals surface area contributed by atoms with E-state index >= 15 is 0 Å². The van der Waals surface area contributed by atoms with Gasteiger partial charge in [-0.25, -0.2) is 8.78 Å². The van der Waals surface area contributed by atoms with Crippen molar-refractivity contribution in [2.75, 3.05) is 38.6 Å². The van der Waals surface area contributed by atoms with Crippen molar-refractivity contribution in [1.82, 2.24) is 19.7 Å². The van der Waals surface area contributed by atoms with Crippen LogP contribution < -0.4 is 0 Å². The highest BCUT2D eigenvalue weighted by molar-refractivity contribution is 7.99. The molecule has 1 aliphatic rings.